The van der Waals surface area contributed by atoms with Gasteiger partial charge in [-0.3, -0.25) is 0 Å². The van der Waals surface area contributed by atoms with E-state index in [1.165, 1.54) is 32.1 Å². The van der Waals surface area contributed by atoms with Crippen LogP contribution < -0.4 is 5.32 Å². The molecule has 1 saturated carbocycles. The van der Waals surface area contributed by atoms with Crippen LogP contribution in [-0.2, 0) is 0 Å². The molecule has 0 radical (unpaired) electrons. The Morgan fingerprint density at radius 1 is 1.32 bits per heavy atom. The fraction of sp³-hybridized carbons (Fsp3) is 0.857. The summed E-state index contributed by atoms with van der Waals surface area (Å²) in [6.07, 6.45) is 6.26. The molecule has 0 amide bonds. The number of hydrogen-bond donors (Lipinski definition) is 1. The molecule has 0 bridgehead atoms. The lowest BCUT2D eigenvalue weighted by atomic mass is 10.0. The van der Waals surface area contributed by atoms with E-state index in [0.29, 0.717) is 17.9 Å². The second kappa shape index (κ2) is 6.27. The molecule has 5 heteroatoms. The van der Waals surface area contributed by atoms with Crippen molar-refractivity contribution in [1.29, 1.82) is 0 Å². The zero-order valence-electron chi connectivity index (χ0n) is 11.6. The van der Waals surface area contributed by atoms with Crippen molar-refractivity contribution in [3.8, 4) is 0 Å². The minimum absolute atomic E-state index is 0.402. The first-order chi connectivity index (χ1) is 9.38. The number of hydrogen-bond acceptors (Lipinski definition) is 5. The van der Waals surface area contributed by atoms with Gasteiger partial charge < -0.3 is 9.84 Å². The first-order valence-electron chi connectivity index (χ1n) is 7.53. The lowest BCUT2D eigenvalue weighted by molar-refractivity contribution is 0.334. The van der Waals surface area contributed by atoms with E-state index in [0.717, 1.165) is 29.8 Å². The molecule has 3 rings (SSSR count). The summed E-state index contributed by atoms with van der Waals surface area (Å²) >= 11 is 1.99. The Morgan fingerprint density at radius 3 is 2.95 bits per heavy atom. The van der Waals surface area contributed by atoms with E-state index in [1.807, 2.05) is 11.8 Å². The Labute approximate surface area is 119 Å². The minimum atomic E-state index is 0.402. The summed E-state index contributed by atoms with van der Waals surface area (Å²) in [5, 5.41) is 7.84. The van der Waals surface area contributed by atoms with Gasteiger partial charge in [0.05, 0.1) is 5.92 Å². The second-order valence-corrected chi connectivity index (χ2v) is 6.75. The fourth-order valence-corrected chi connectivity index (χ4v) is 4.45. The minimum Gasteiger partial charge on any atom is -0.339 e. The molecule has 1 aromatic heterocycles. The second-order valence-electron chi connectivity index (χ2n) is 5.68. The standard InChI is InChI=1S/C14H23N3OS/c1-2-7-15-12-9-19-8-11(12)14-16-13(17-18-14)10-5-3-4-6-10/h10-12,15H,2-9H2,1H3. The van der Waals surface area contributed by atoms with Gasteiger partial charge in [0.1, 0.15) is 0 Å². The molecule has 2 aliphatic rings. The molecular weight excluding hydrogens is 258 g/mol. The summed E-state index contributed by atoms with van der Waals surface area (Å²) in [5.41, 5.74) is 0. The molecule has 1 saturated heterocycles. The van der Waals surface area contributed by atoms with Crippen LogP contribution in [0.2, 0.25) is 0 Å². The van der Waals surface area contributed by atoms with Crippen LogP contribution >= 0.6 is 11.8 Å². The Morgan fingerprint density at radius 2 is 2.16 bits per heavy atom. The number of thioether (sulfide) groups is 1. The quantitative estimate of drug-likeness (QED) is 0.899. The summed E-state index contributed by atoms with van der Waals surface area (Å²) in [4.78, 5) is 4.70. The molecule has 2 fully saturated rings. The van der Waals surface area contributed by atoms with Crippen molar-refractivity contribution < 1.29 is 4.52 Å². The molecule has 2 heterocycles. The molecule has 1 aliphatic heterocycles. The maximum absolute atomic E-state index is 5.56. The van der Waals surface area contributed by atoms with E-state index < -0.39 is 0 Å². The van der Waals surface area contributed by atoms with Crippen LogP contribution in [-0.4, -0.2) is 34.2 Å². The van der Waals surface area contributed by atoms with Gasteiger partial charge in [-0.2, -0.15) is 16.7 Å². The van der Waals surface area contributed by atoms with Gasteiger partial charge in [-0.15, -0.1) is 0 Å². The highest BCUT2D eigenvalue weighted by Gasteiger charge is 2.34. The average Bonchev–Trinajstić information content (AvgIpc) is 3.14. The number of nitrogens with zero attached hydrogens (tertiary/aromatic N) is 2. The summed E-state index contributed by atoms with van der Waals surface area (Å²) in [6, 6.07) is 0.502. The molecule has 1 N–H and O–H groups in total. The highest BCUT2D eigenvalue weighted by atomic mass is 32.2. The Bertz CT molecular complexity index is 403. The summed E-state index contributed by atoms with van der Waals surface area (Å²) < 4.78 is 5.56. The van der Waals surface area contributed by atoms with E-state index in [4.69, 9.17) is 9.51 Å². The van der Waals surface area contributed by atoms with Crippen molar-refractivity contribution in [2.45, 2.75) is 56.9 Å². The van der Waals surface area contributed by atoms with Crippen molar-refractivity contribution in [2.24, 2.45) is 0 Å². The Balaban J connectivity index is 1.67. The van der Waals surface area contributed by atoms with Gasteiger partial charge in [0.15, 0.2) is 5.82 Å². The maximum atomic E-state index is 5.56. The fourth-order valence-electron chi connectivity index (χ4n) is 3.08. The molecule has 0 spiro atoms. The Hall–Kier alpha value is -0.550. The van der Waals surface area contributed by atoms with Crippen LogP contribution in [0, 0.1) is 0 Å². The molecule has 19 heavy (non-hydrogen) atoms. The molecular formula is C14H23N3OS. The summed E-state index contributed by atoms with van der Waals surface area (Å²) in [6.45, 7) is 3.28. The van der Waals surface area contributed by atoms with E-state index in [2.05, 4.69) is 17.4 Å². The third kappa shape index (κ3) is 2.97. The molecule has 0 aromatic carbocycles. The lowest BCUT2D eigenvalue weighted by Crippen LogP contribution is -2.34. The first-order valence-corrected chi connectivity index (χ1v) is 8.68. The van der Waals surface area contributed by atoms with E-state index in [9.17, 15) is 0 Å². The molecule has 2 atom stereocenters. The van der Waals surface area contributed by atoms with Crippen LogP contribution in [0.15, 0.2) is 4.52 Å². The summed E-state index contributed by atoms with van der Waals surface area (Å²) in [5.74, 6) is 5.03. The average molecular weight is 281 g/mol. The third-order valence-corrected chi connectivity index (χ3v) is 5.42. The van der Waals surface area contributed by atoms with Crippen molar-refractivity contribution in [2.75, 3.05) is 18.1 Å². The largest absolute Gasteiger partial charge is 0.339 e. The van der Waals surface area contributed by atoms with Crippen LogP contribution in [0.1, 0.15) is 62.6 Å². The molecule has 1 aliphatic carbocycles. The molecule has 4 nitrogen and oxygen atoms in total. The highest BCUT2D eigenvalue weighted by molar-refractivity contribution is 7.99. The van der Waals surface area contributed by atoms with Crippen molar-refractivity contribution in [1.82, 2.24) is 15.5 Å². The van der Waals surface area contributed by atoms with Gasteiger partial charge in [-0.1, -0.05) is 24.9 Å². The van der Waals surface area contributed by atoms with Crippen molar-refractivity contribution in [3.63, 3.8) is 0 Å². The van der Waals surface area contributed by atoms with Crippen LogP contribution in [0.25, 0.3) is 0 Å². The summed E-state index contributed by atoms with van der Waals surface area (Å²) in [7, 11) is 0. The van der Waals surface area contributed by atoms with Crippen LogP contribution in [0.3, 0.4) is 0 Å². The predicted molar refractivity (Wildman–Crippen MR) is 77.7 cm³/mol. The predicted octanol–water partition coefficient (Wildman–Crippen LogP) is 2.93. The SMILES string of the molecule is CCCNC1CSCC1c1nc(C2CCCC2)no1. The zero-order valence-corrected chi connectivity index (χ0v) is 12.4. The molecule has 2 unspecified atom stereocenters. The van der Waals surface area contributed by atoms with E-state index in [-0.39, 0.29) is 0 Å². The third-order valence-electron chi connectivity index (χ3n) is 4.23. The van der Waals surface area contributed by atoms with Gasteiger partial charge in [0.25, 0.3) is 0 Å². The number of nitrogens with one attached hydrogen (secondary N) is 1. The van der Waals surface area contributed by atoms with Crippen LogP contribution in [0.5, 0.6) is 0 Å². The highest BCUT2D eigenvalue weighted by Crippen LogP contribution is 2.35. The van der Waals surface area contributed by atoms with Gasteiger partial charge in [0, 0.05) is 23.5 Å². The maximum Gasteiger partial charge on any atom is 0.232 e. The Kier molecular flexibility index (Phi) is 4.43. The van der Waals surface area contributed by atoms with Gasteiger partial charge in [-0.25, -0.2) is 0 Å². The molecule has 106 valence electrons. The topological polar surface area (TPSA) is 51.0 Å². The first kappa shape index (κ1) is 13.4. The van der Waals surface area contributed by atoms with Crippen LogP contribution in [0.4, 0.5) is 0 Å². The lowest BCUT2D eigenvalue weighted by Gasteiger charge is -2.16. The van der Waals surface area contributed by atoms with Crippen molar-refractivity contribution >= 4 is 11.8 Å². The smallest absolute Gasteiger partial charge is 0.232 e. The monoisotopic (exact) mass is 281 g/mol. The number of aromatic nitrogens is 2. The molecule has 1 aromatic rings. The van der Waals surface area contributed by atoms with Gasteiger partial charge >= 0.3 is 0 Å². The normalized spacial score (nSPS) is 28.3. The van der Waals surface area contributed by atoms with Crippen molar-refractivity contribution in [3.05, 3.63) is 11.7 Å². The zero-order chi connectivity index (χ0) is 13.1. The number of rotatable bonds is 5. The van der Waals surface area contributed by atoms with Gasteiger partial charge in [-0.05, 0) is 25.8 Å². The van der Waals surface area contributed by atoms with E-state index in [1.54, 1.807) is 0 Å². The van der Waals surface area contributed by atoms with Gasteiger partial charge in [0.2, 0.25) is 5.89 Å². The van der Waals surface area contributed by atoms with E-state index >= 15 is 0 Å².